The fraction of sp³-hybridized carbons (Fsp3) is 0.923. The quantitative estimate of drug-likeness (QED) is 0.756. The molecule has 0 spiro atoms. The van der Waals surface area contributed by atoms with Gasteiger partial charge in [-0.25, -0.2) is 0 Å². The Morgan fingerprint density at radius 1 is 1.12 bits per heavy atom. The number of alkyl halides is 1. The summed E-state index contributed by atoms with van der Waals surface area (Å²) in [4.78, 5) is 11.6. The van der Waals surface area contributed by atoms with Crippen molar-refractivity contribution in [2.24, 2.45) is 11.8 Å². The third-order valence-electron chi connectivity index (χ3n) is 4.08. The number of carbonyl (C=O) groups is 1. The molecular formula is C13H22ClNO. The zero-order chi connectivity index (χ0) is 11.4. The maximum Gasteiger partial charge on any atom is 0.220 e. The summed E-state index contributed by atoms with van der Waals surface area (Å²) in [6.45, 7) is 0.791. The minimum Gasteiger partial charge on any atom is -0.356 e. The van der Waals surface area contributed by atoms with Gasteiger partial charge < -0.3 is 5.32 Å². The van der Waals surface area contributed by atoms with Gasteiger partial charge in [-0.1, -0.05) is 19.3 Å². The molecule has 2 saturated carbocycles. The third-order valence-corrected chi connectivity index (χ3v) is 4.65. The van der Waals surface area contributed by atoms with Gasteiger partial charge in [-0.2, -0.15) is 0 Å². The molecule has 2 aliphatic carbocycles. The molecule has 2 unspecified atom stereocenters. The van der Waals surface area contributed by atoms with Crippen LogP contribution in [0.25, 0.3) is 0 Å². The van der Waals surface area contributed by atoms with Crippen molar-refractivity contribution in [2.75, 3.05) is 6.54 Å². The van der Waals surface area contributed by atoms with Gasteiger partial charge in [0.25, 0.3) is 0 Å². The lowest BCUT2D eigenvalue weighted by Crippen LogP contribution is -2.36. The van der Waals surface area contributed by atoms with Crippen molar-refractivity contribution in [3.05, 3.63) is 0 Å². The number of carbonyl (C=O) groups excluding carboxylic acids is 1. The molecule has 0 aromatic heterocycles. The van der Waals surface area contributed by atoms with E-state index in [1.165, 1.54) is 38.5 Å². The Morgan fingerprint density at radius 3 is 2.50 bits per heavy atom. The van der Waals surface area contributed by atoms with Gasteiger partial charge >= 0.3 is 0 Å². The molecule has 0 radical (unpaired) electrons. The van der Waals surface area contributed by atoms with E-state index >= 15 is 0 Å². The molecule has 2 aliphatic rings. The number of amides is 1. The molecule has 0 bridgehead atoms. The summed E-state index contributed by atoms with van der Waals surface area (Å²) in [7, 11) is 0. The first-order valence-corrected chi connectivity index (χ1v) is 7.10. The second-order valence-electron chi connectivity index (χ2n) is 5.37. The summed E-state index contributed by atoms with van der Waals surface area (Å²) in [6, 6.07) is 0. The van der Waals surface area contributed by atoms with Crippen LogP contribution >= 0.6 is 11.6 Å². The van der Waals surface area contributed by atoms with Crippen molar-refractivity contribution < 1.29 is 4.79 Å². The van der Waals surface area contributed by atoms with Crippen LogP contribution in [0.2, 0.25) is 0 Å². The number of hydrogen-bond acceptors (Lipinski definition) is 1. The standard InChI is InChI=1S/C13H22ClNO/c14-12-7-2-1-6-11(12)9-15-13(16)8-10-4-3-5-10/h10-12H,1-9H2,(H,15,16). The molecule has 92 valence electrons. The van der Waals surface area contributed by atoms with Gasteiger partial charge in [0.15, 0.2) is 0 Å². The molecule has 0 saturated heterocycles. The molecule has 1 amide bonds. The van der Waals surface area contributed by atoms with Crippen molar-refractivity contribution in [3.8, 4) is 0 Å². The monoisotopic (exact) mass is 243 g/mol. The largest absolute Gasteiger partial charge is 0.356 e. The molecule has 2 atom stereocenters. The highest BCUT2D eigenvalue weighted by Gasteiger charge is 2.24. The van der Waals surface area contributed by atoms with E-state index < -0.39 is 0 Å². The van der Waals surface area contributed by atoms with Gasteiger partial charge in [-0.3, -0.25) is 4.79 Å². The summed E-state index contributed by atoms with van der Waals surface area (Å²) in [5.74, 6) is 1.40. The zero-order valence-electron chi connectivity index (χ0n) is 9.88. The predicted molar refractivity (Wildman–Crippen MR) is 66.6 cm³/mol. The van der Waals surface area contributed by atoms with E-state index in [9.17, 15) is 4.79 Å². The van der Waals surface area contributed by atoms with Crippen molar-refractivity contribution in [3.63, 3.8) is 0 Å². The van der Waals surface area contributed by atoms with Gasteiger partial charge in [0.2, 0.25) is 5.91 Å². The molecule has 0 aromatic carbocycles. The van der Waals surface area contributed by atoms with Gasteiger partial charge in [0.05, 0.1) is 0 Å². The number of hydrogen-bond donors (Lipinski definition) is 1. The summed E-state index contributed by atoms with van der Waals surface area (Å²) >= 11 is 6.26. The lowest BCUT2D eigenvalue weighted by Gasteiger charge is -2.28. The lowest BCUT2D eigenvalue weighted by molar-refractivity contribution is -0.122. The molecule has 2 rings (SSSR count). The van der Waals surface area contributed by atoms with E-state index in [1.54, 1.807) is 0 Å². The van der Waals surface area contributed by atoms with Crippen LogP contribution in [0.1, 0.15) is 51.4 Å². The van der Waals surface area contributed by atoms with E-state index in [2.05, 4.69) is 5.32 Å². The molecule has 2 fully saturated rings. The average molecular weight is 244 g/mol. The second kappa shape index (κ2) is 5.90. The van der Waals surface area contributed by atoms with E-state index in [0.717, 1.165) is 19.4 Å². The summed E-state index contributed by atoms with van der Waals surface area (Å²) < 4.78 is 0. The van der Waals surface area contributed by atoms with Crippen LogP contribution < -0.4 is 5.32 Å². The fourth-order valence-corrected chi connectivity index (χ4v) is 3.04. The number of halogens is 1. The Kier molecular flexibility index (Phi) is 4.51. The lowest BCUT2D eigenvalue weighted by atomic mass is 9.82. The number of rotatable bonds is 4. The van der Waals surface area contributed by atoms with E-state index in [0.29, 0.717) is 11.8 Å². The van der Waals surface area contributed by atoms with Gasteiger partial charge in [-0.15, -0.1) is 11.6 Å². The highest BCUT2D eigenvalue weighted by atomic mass is 35.5. The first-order valence-electron chi connectivity index (χ1n) is 6.66. The topological polar surface area (TPSA) is 29.1 Å². The Balaban J connectivity index is 1.63. The van der Waals surface area contributed by atoms with Gasteiger partial charge in [0.1, 0.15) is 0 Å². The number of nitrogens with one attached hydrogen (secondary N) is 1. The SMILES string of the molecule is O=C(CC1CCC1)NCC1CCCCC1Cl. The normalized spacial score (nSPS) is 30.8. The summed E-state index contributed by atoms with van der Waals surface area (Å²) in [5, 5.41) is 3.33. The molecular weight excluding hydrogens is 222 g/mol. The maximum atomic E-state index is 11.6. The van der Waals surface area contributed by atoms with Gasteiger partial charge in [0, 0.05) is 18.3 Å². The Labute approximate surface area is 103 Å². The summed E-state index contributed by atoms with van der Waals surface area (Å²) in [5.41, 5.74) is 0. The van der Waals surface area contributed by atoms with E-state index in [1.807, 2.05) is 0 Å². The Hall–Kier alpha value is -0.240. The molecule has 0 heterocycles. The van der Waals surface area contributed by atoms with Crippen LogP contribution in [0.15, 0.2) is 0 Å². The fourth-order valence-electron chi connectivity index (χ4n) is 2.67. The first kappa shape index (κ1) is 12.2. The van der Waals surface area contributed by atoms with E-state index in [-0.39, 0.29) is 11.3 Å². The molecule has 0 aliphatic heterocycles. The minimum atomic E-state index is 0.235. The van der Waals surface area contributed by atoms with Crippen molar-refractivity contribution >= 4 is 17.5 Å². The molecule has 1 N–H and O–H groups in total. The van der Waals surface area contributed by atoms with Crippen molar-refractivity contribution in [1.29, 1.82) is 0 Å². The molecule has 3 heteroatoms. The predicted octanol–water partition coefficient (Wildman–Crippen LogP) is 3.09. The average Bonchev–Trinajstić information content (AvgIpc) is 2.22. The van der Waals surface area contributed by atoms with Crippen LogP contribution in [-0.4, -0.2) is 17.8 Å². The van der Waals surface area contributed by atoms with E-state index in [4.69, 9.17) is 11.6 Å². The smallest absolute Gasteiger partial charge is 0.220 e. The minimum absolute atomic E-state index is 0.235. The highest BCUT2D eigenvalue weighted by Crippen LogP contribution is 2.30. The van der Waals surface area contributed by atoms with Crippen LogP contribution in [0.5, 0.6) is 0 Å². The van der Waals surface area contributed by atoms with Crippen LogP contribution in [0, 0.1) is 11.8 Å². The molecule has 2 nitrogen and oxygen atoms in total. The molecule has 0 aromatic rings. The first-order chi connectivity index (χ1) is 7.75. The van der Waals surface area contributed by atoms with Crippen molar-refractivity contribution in [2.45, 2.75) is 56.7 Å². The second-order valence-corrected chi connectivity index (χ2v) is 5.93. The van der Waals surface area contributed by atoms with Crippen LogP contribution in [0.3, 0.4) is 0 Å². The Morgan fingerprint density at radius 2 is 1.88 bits per heavy atom. The zero-order valence-corrected chi connectivity index (χ0v) is 10.6. The highest BCUT2D eigenvalue weighted by molar-refractivity contribution is 6.20. The molecule has 16 heavy (non-hydrogen) atoms. The summed E-state index contributed by atoms with van der Waals surface area (Å²) in [6.07, 6.45) is 9.35. The maximum absolute atomic E-state index is 11.6. The van der Waals surface area contributed by atoms with Crippen LogP contribution in [0.4, 0.5) is 0 Å². The Bertz CT molecular complexity index is 240. The van der Waals surface area contributed by atoms with Crippen LogP contribution in [-0.2, 0) is 4.79 Å². The van der Waals surface area contributed by atoms with Crippen molar-refractivity contribution in [1.82, 2.24) is 5.32 Å². The van der Waals surface area contributed by atoms with Gasteiger partial charge in [-0.05, 0) is 37.5 Å². The third kappa shape index (κ3) is 3.38.